The highest BCUT2D eigenvalue weighted by Gasteiger charge is 2.38. The van der Waals surface area contributed by atoms with Crippen LogP contribution in [0.4, 0.5) is 0 Å². The van der Waals surface area contributed by atoms with Crippen LogP contribution in [0.3, 0.4) is 0 Å². The van der Waals surface area contributed by atoms with Gasteiger partial charge < -0.3 is 19.4 Å². The summed E-state index contributed by atoms with van der Waals surface area (Å²) in [4.78, 5) is 30.6. The van der Waals surface area contributed by atoms with Gasteiger partial charge in [-0.05, 0) is 46.1 Å². The van der Waals surface area contributed by atoms with E-state index in [0.29, 0.717) is 35.7 Å². The molecule has 1 amide bonds. The van der Waals surface area contributed by atoms with Crippen LogP contribution in [0.25, 0.3) is 0 Å². The Kier molecular flexibility index (Phi) is 5.18. The van der Waals surface area contributed by atoms with E-state index in [1.54, 1.807) is 0 Å². The first-order valence-electron chi connectivity index (χ1n) is 9.23. The first kappa shape index (κ1) is 18.0. The zero-order valence-electron chi connectivity index (χ0n) is 15.6. The summed E-state index contributed by atoms with van der Waals surface area (Å²) in [6.45, 7) is 8.43. The number of carbonyl (C=O) groups excluding carboxylic acids is 2. The number of aromatic amines is 1. The van der Waals surface area contributed by atoms with Gasteiger partial charge in [0.2, 0.25) is 0 Å². The lowest BCUT2D eigenvalue weighted by Gasteiger charge is -2.43. The number of rotatable bonds is 3. The smallest absolute Gasteiger partial charge is 0.340 e. The molecule has 0 spiro atoms. The third-order valence-electron chi connectivity index (χ3n) is 5.19. The second-order valence-corrected chi connectivity index (χ2v) is 7.34. The van der Waals surface area contributed by atoms with Gasteiger partial charge in [0.05, 0.1) is 30.4 Å². The molecule has 25 heavy (non-hydrogen) atoms. The number of ether oxygens (including phenoxy) is 2. The number of amides is 1. The summed E-state index contributed by atoms with van der Waals surface area (Å²) in [5.41, 5.74) is 2.33. The Labute approximate surface area is 148 Å². The third kappa shape index (κ3) is 3.45. The average molecular weight is 348 g/mol. The van der Waals surface area contributed by atoms with Crippen molar-refractivity contribution in [3.8, 4) is 0 Å². The van der Waals surface area contributed by atoms with Gasteiger partial charge in [-0.25, -0.2) is 4.79 Å². The molecule has 2 atom stereocenters. The number of aromatic nitrogens is 1. The zero-order valence-corrected chi connectivity index (χ0v) is 15.6. The molecule has 2 fully saturated rings. The monoisotopic (exact) mass is 348 g/mol. The molecule has 3 rings (SSSR count). The van der Waals surface area contributed by atoms with Crippen molar-refractivity contribution in [3.63, 3.8) is 0 Å². The van der Waals surface area contributed by atoms with Crippen molar-refractivity contribution < 1.29 is 19.1 Å². The maximum atomic E-state index is 13.2. The molecule has 0 radical (unpaired) electrons. The van der Waals surface area contributed by atoms with Crippen LogP contribution >= 0.6 is 0 Å². The topological polar surface area (TPSA) is 71.6 Å². The minimum absolute atomic E-state index is 0.0376. The number of esters is 1. The van der Waals surface area contributed by atoms with Crippen molar-refractivity contribution in [3.05, 3.63) is 22.5 Å². The van der Waals surface area contributed by atoms with Crippen LogP contribution in [0, 0.1) is 13.8 Å². The first-order valence-corrected chi connectivity index (χ1v) is 9.23. The molecule has 2 heterocycles. The van der Waals surface area contributed by atoms with Crippen LogP contribution in [0.15, 0.2) is 0 Å². The van der Waals surface area contributed by atoms with E-state index in [0.717, 1.165) is 25.7 Å². The van der Waals surface area contributed by atoms with Gasteiger partial charge in [-0.15, -0.1) is 0 Å². The maximum Gasteiger partial charge on any atom is 0.340 e. The fourth-order valence-corrected chi connectivity index (χ4v) is 4.04. The van der Waals surface area contributed by atoms with Gasteiger partial charge in [0.1, 0.15) is 5.69 Å². The molecule has 1 saturated heterocycles. The molecule has 6 heteroatoms. The van der Waals surface area contributed by atoms with Crippen LogP contribution < -0.4 is 0 Å². The maximum absolute atomic E-state index is 13.2. The average Bonchev–Trinajstić information content (AvgIpc) is 2.87. The minimum Gasteiger partial charge on any atom is -0.459 e. The van der Waals surface area contributed by atoms with Gasteiger partial charge in [-0.3, -0.25) is 4.79 Å². The number of aryl methyl sites for hydroxylation is 1. The highest BCUT2D eigenvalue weighted by molar-refractivity contribution is 6.00. The Balaban J connectivity index is 1.86. The number of hydrogen-bond donors (Lipinski definition) is 1. The largest absolute Gasteiger partial charge is 0.459 e. The zero-order chi connectivity index (χ0) is 18.1. The van der Waals surface area contributed by atoms with Crippen molar-refractivity contribution in [1.29, 1.82) is 0 Å². The molecule has 0 unspecified atom stereocenters. The van der Waals surface area contributed by atoms with E-state index < -0.39 is 0 Å². The van der Waals surface area contributed by atoms with Crippen LogP contribution in [-0.2, 0) is 9.47 Å². The SMILES string of the molecule is Cc1[nH]c(C(=O)N2CCO[C@@H]3CCCC[C@@H]32)c(C)c1C(=O)OC(C)C. The Hall–Kier alpha value is -1.82. The third-order valence-corrected chi connectivity index (χ3v) is 5.19. The van der Waals surface area contributed by atoms with E-state index in [2.05, 4.69) is 4.98 Å². The summed E-state index contributed by atoms with van der Waals surface area (Å²) in [7, 11) is 0. The van der Waals surface area contributed by atoms with E-state index in [1.807, 2.05) is 32.6 Å². The summed E-state index contributed by atoms with van der Waals surface area (Å²) in [6, 6.07) is 0.143. The molecule has 1 aliphatic carbocycles. The standard InChI is InChI=1S/C19H28N2O4/c1-11(2)25-19(23)16-12(3)17(20-13(16)4)18(22)21-9-10-24-15-8-6-5-7-14(15)21/h11,14-15,20H,5-10H2,1-4H3/t14-,15+/m0/s1. The number of hydrogen-bond acceptors (Lipinski definition) is 4. The number of morpholine rings is 1. The van der Waals surface area contributed by atoms with Crippen molar-refractivity contribution in [2.45, 2.75) is 71.6 Å². The summed E-state index contributed by atoms with van der Waals surface area (Å²) in [6.07, 6.45) is 4.24. The van der Waals surface area contributed by atoms with Crippen LogP contribution in [0.2, 0.25) is 0 Å². The lowest BCUT2D eigenvalue weighted by molar-refractivity contribution is -0.0754. The van der Waals surface area contributed by atoms with Crippen molar-refractivity contribution in [2.75, 3.05) is 13.2 Å². The number of nitrogens with one attached hydrogen (secondary N) is 1. The summed E-state index contributed by atoms with van der Waals surface area (Å²) in [5.74, 6) is -0.415. The molecule has 138 valence electrons. The normalized spacial score (nSPS) is 23.5. The second kappa shape index (κ2) is 7.20. The van der Waals surface area contributed by atoms with E-state index in [-0.39, 0.29) is 30.1 Å². The van der Waals surface area contributed by atoms with Crippen molar-refractivity contribution in [1.82, 2.24) is 9.88 Å². The Morgan fingerprint density at radius 1 is 1.24 bits per heavy atom. The Bertz CT molecular complexity index is 663. The molecule has 2 aliphatic rings. The number of nitrogens with zero attached hydrogens (tertiary/aromatic N) is 1. The van der Waals surface area contributed by atoms with Gasteiger partial charge in [0, 0.05) is 12.2 Å². The molecule has 1 N–H and O–H groups in total. The van der Waals surface area contributed by atoms with Crippen LogP contribution in [-0.4, -0.2) is 53.2 Å². The van der Waals surface area contributed by atoms with Gasteiger partial charge in [0.25, 0.3) is 5.91 Å². The van der Waals surface area contributed by atoms with Crippen LogP contribution in [0.5, 0.6) is 0 Å². The molecule has 1 aromatic rings. The highest BCUT2D eigenvalue weighted by Crippen LogP contribution is 2.30. The van der Waals surface area contributed by atoms with Gasteiger partial charge >= 0.3 is 5.97 Å². The predicted molar refractivity (Wildman–Crippen MR) is 93.9 cm³/mol. The van der Waals surface area contributed by atoms with Crippen molar-refractivity contribution in [2.24, 2.45) is 0 Å². The summed E-state index contributed by atoms with van der Waals surface area (Å²) >= 11 is 0. The van der Waals surface area contributed by atoms with Gasteiger partial charge in [0.15, 0.2) is 0 Å². The minimum atomic E-state index is -0.377. The predicted octanol–water partition coefficient (Wildman–Crippen LogP) is 2.98. The number of H-pyrrole nitrogens is 1. The fourth-order valence-electron chi connectivity index (χ4n) is 4.04. The number of carbonyl (C=O) groups is 2. The Morgan fingerprint density at radius 2 is 1.96 bits per heavy atom. The van der Waals surface area contributed by atoms with E-state index in [9.17, 15) is 9.59 Å². The van der Waals surface area contributed by atoms with E-state index in [1.165, 1.54) is 0 Å². The molecule has 0 aromatic carbocycles. The fraction of sp³-hybridized carbons (Fsp3) is 0.684. The van der Waals surface area contributed by atoms with E-state index in [4.69, 9.17) is 9.47 Å². The lowest BCUT2D eigenvalue weighted by atomic mass is 9.90. The molecule has 1 aromatic heterocycles. The lowest BCUT2D eigenvalue weighted by Crippen LogP contribution is -2.55. The van der Waals surface area contributed by atoms with Crippen LogP contribution in [0.1, 0.15) is 71.6 Å². The number of fused-ring (bicyclic) bond motifs is 1. The molecular weight excluding hydrogens is 320 g/mol. The molecule has 1 aliphatic heterocycles. The highest BCUT2D eigenvalue weighted by atomic mass is 16.5. The summed E-state index contributed by atoms with van der Waals surface area (Å²) < 4.78 is 11.2. The van der Waals surface area contributed by atoms with E-state index >= 15 is 0 Å². The quantitative estimate of drug-likeness (QED) is 0.853. The first-order chi connectivity index (χ1) is 11.9. The van der Waals surface area contributed by atoms with Crippen molar-refractivity contribution >= 4 is 11.9 Å². The van der Waals surface area contributed by atoms with Gasteiger partial charge in [-0.2, -0.15) is 0 Å². The Morgan fingerprint density at radius 3 is 2.68 bits per heavy atom. The molecule has 6 nitrogen and oxygen atoms in total. The second-order valence-electron chi connectivity index (χ2n) is 7.34. The molecular formula is C19H28N2O4. The summed E-state index contributed by atoms with van der Waals surface area (Å²) in [5, 5.41) is 0. The molecule has 0 bridgehead atoms. The molecule has 1 saturated carbocycles. The van der Waals surface area contributed by atoms with Gasteiger partial charge in [-0.1, -0.05) is 12.8 Å².